The highest BCUT2D eigenvalue weighted by atomic mass is 32.1. The Morgan fingerprint density at radius 1 is 1.23 bits per heavy atom. The lowest BCUT2D eigenvalue weighted by atomic mass is 9.99. The fourth-order valence-electron chi connectivity index (χ4n) is 3.24. The maximum atomic E-state index is 5.44. The molecule has 26 heavy (non-hydrogen) atoms. The molecule has 0 unspecified atom stereocenters. The largest absolute Gasteiger partial charge is 0.493 e. The van der Waals surface area contributed by atoms with Gasteiger partial charge in [0.15, 0.2) is 17.3 Å². The van der Waals surface area contributed by atoms with Crippen molar-refractivity contribution < 1.29 is 9.47 Å². The van der Waals surface area contributed by atoms with E-state index in [1.54, 1.807) is 25.6 Å². The Hall–Kier alpha value is -2.16. The van der Waals surface area contributed by atoms with Gasteiger partial charge >= 0.3 is 0 Å². The van der Waals surface area contributed by atoms with Gasteiger partial charge in [0.25, 0.3) is 0 Å². The van der Waals surface area contributed by atoms with Gasteiger partial charge in [0.1, 0.15) is 0 Å². The van der Waals surface area contributed by atoms with Crippen molar-refractivity contribution in [1.29, 1.82) is 0 Å². The number of fused-ring (bicyclic) bond motifs is 1. The van der Waals surface area contributed by atoms with Gasteiger partial charge in [-0.1, -0.05) is 6.07 Å². The van der Waals surface area contributed by atoms with Crippen LogP contribution >= 0.6 is 23.6 Å². The highest BCUT2D eigenvalue weighted by molar-refractivity contribution is 7.71. The smallest absolute Gasteiger partial charge is 0.217 e. The van der Waals surface area contributed by atoms with E-state index < -0.39 is 0 Å². The van der Waals surface area contributed by atoms with Crippen LogP contribution in [0.1, 0.15) is 11.1 Å². The summed E-state index contributed by atoms with van der Waals surface area (Å²) >= 11 is 7.08. The Labute approximate surface area is 161 Å². The molecular formula is C18H20N4O2S2. The number of hydrogen-bond donors (Lipinski definition) is 1. The lowest BCUT2D eigenvalue weighted by Crippen LogP contribution is -2.32. The molecule has 1 aliphatic heterocycles. The van der Waals surface area contributed by atoms with Crippen molar-refractivity contribution in [2.24, 2.45) is 0 Å². The molecule has 3 heterocycles. The number of ether oxygens (including phenoxy) is 2. The maximum absolute atomic E-state index is 5.44. The van der Waals surface area contributed by atoms with Gasteiger partial charge in [0.2, 0.25) is 4.77 Å². The van der Waals surface area contributed by atoms with Crippen molar-refractivity contribution in [3.8, 4) is 22.2 Å². The van der Waals surface area contributed by atoms with Gasteiger partial charge in [-0.2, -0.15) is 4.98 Å². The molecule has 6 nitrogen and oxygen atoms in total. The Bertz CT molecular complexity index is 962. The van der Waals surface area contributed by atoms with Crippen LogP contribution in [0.2, 0.25) is 0 Å². The van der Waals surface area contributed by atoms with Gasteiger partial charge in [0, 0.05) is 13.1 Å². The van der Waals surface area contributed by atoms with Crippen LogP contribution < -0.4 is 9.47 Å². The van der Waals surface area contributed by atoms with E-state index in [0.29, 0.717) is 11.4 Å². The first kappa shape index (κ1) is 17.3. The fraction of sp³-hybridized carbons (Fsp3) is 0.333. The molecule has 8 heteroatoms. The van der Waals surface area contributed by atoms with Crippen LogP contribution in [0.3, 0.4) is 0 Å². The summed E-state index contributed by atoms with van der Waals surface area (Å²) in [5.74, 6) is 2.39. The summed E-state index contributed by atoms with van der Waals surface area (Å²) in [5.41, 5.74) is 2.57. The molecule has 136 valence electrons. The fourth-order valence-corrected chi connectivity index (χ4v) is 4.10. The lowest BCUT2D eigenvalue weighted by molar-refractivity contribution is 0.188. The quantitative estimate of drug-likeness (QED) is 0.676. The van der Waals surface area contributed by atoms with Crippen LogP contribution in [0.25, 0.3) is 10.7 Å². The molecule has 0 amide bonds. The molecule has 0 saturated heterocycles. The molecule has 0 saturated carbocycles. The third kappa shape index (κ3) is 3.27. The highest BCUT2D eigenvalue weighted by Crippen LogP contribution is 2.33. The van der Waals surface area contributed by atoms with Gasteiger partial charge in [-0.05, 0) is 53.3 Å². The lowest BCUT2D eigenvalue weighted by Gasteiger charge is -2.29. The summed E-state index contributed by atoms with van der Waals surface area (Å²) < 4.78 is 13.4. The second kappa shape index (κ2) is 7.22. The normalized spacial score (nSPS) is 14.2. The highest BCUT2D eigenvalue weighted by Gasteiger charge is 2.20. The molecule has 1 aromatic carbocycles. The molecule has 1 N–H and O–H groups in total. The molecule has 0 radical (unpaired) electrons. The molecular weight excluding hydrogens is 368 g/mol. The van der Waals surface area contributed by atoms with Crippen LogP contribution in [0, 0.1) is 4.77 Å². The summed E-state index contributed by atoms with van der Waals surface area (Å²) in [6, 6.07) is 8.21. The van der Waals surface area contributed by atoms with Crippen molar-refractivity contribution in [2.45, 2.75) is 19.6 Å². The second-order valence-corrected chi connectivity index (χ2v) is 7.49. The van der Waals surface area contributed by atoms with Crippen LogP contribution in [0.15, 0.2) is 29.6 Å². The van der Waals surface area contributed by atoms with E-state index in [2.05, 4.69) is 27.1 Å². The first-order chi connectivity index (χ1) is 12.7. The van der Waals surface area contributed by atoms with Crippen LogP contribution in [0.4, 0.5) is 0 Å². The van der Waals surface area contributed by atoms with Crippen LogP contribution in [0.5, 0.6) is 11.5 Å². The van der Waals surface area contributed by atoms with E-state index in [9.17, 15) is 0 Å². The summed E-state index contributed by atoms with van der Waals surface area (Å²) in [4.78, 5) is 7.92. The van der Waals surface area contributed by atoms with E-state index in [4.69, 9.17) is 21.7 Å². The van der Waals surface area contributed by atoms with Gasteiger partial charge in [-0.25, -0.2) is 4.68 Å². The molecule has 0 atom stereocenters. The molecule has 0 fully saturated rings. The Kier molecular flexibility index (Phi) is 4.80. The van der Waals surface area contributed by atoms with Crippen molar-refractivity contribution in [3.05, 3.63) is 45.5 Å². The number of nitrogens with zero attached hydrogens (tertiary/aromatic N) is 3. The average Bonchev–Trinajstić information content (AvgIpc) is 3.31. The number of rotatable bonds is 5. The number of aromatic amines is 1. The van der Waals surface area contributed by atoms with Gasteiger partial charge < -0.3 is 9.47 Å². The van der Waals surface area contributed by atoms with Crippen molar-refractivity contribution in [1.82, 2.24) is 19.7 Å². The Morgan fingerprint density at radius 2 is 2.00 bits per heavy atom. The molecule has 2 aromatic heterocycles. The van der Waals surface area contributed by atoms with Gasteiger partial charge in [-0.15, -0.1) is 11.3 Å². The first-order valence-electron chi connectivity index (χ1n) is 8.35. The number of benzene rings is 1. The summed E-state index contributed by atoms with van der Waals surface area (Å²) in [7, 11) is 3.34. The monoisotopic (exact) mass is 388 g/mol. The molecule has 1 aliphatic rings. The maximum Gasteiger partial charge on any atom is 0.217 e. The van der Waals surface area contributed by atoms with Crippen molar-refractivity contribution in [3.63, 3.8) is 0 Å². The van der Waals surface area contributed by atoms with E-state index in [0.717, 1.165) is 41.7 Å². The summed E-state index contributed by atoms with van der Waals surface area (Å²) in [6.07, 6.45) is 0.967. The van der Waals surface area contributed by atoms with Crippen LogP contribution in [-0.4, -0.2) is 40.4 Å². The minimum absolute atomic E-state index is 0.575. The molecule has 0 spiro atoms. The Morgan fingerprint density at radius 3 is 2.69 bits per heavy atom. The number of aromatic nitrogens is 3. The topological polar surface area (TPSA) is 55.3 Å². The van der Waals surface area contributed by atoms with Gasteiger partial charge in [0.05, 0.1) is 25.8 Å². The predicted octanol–water partition coefficient (Wildman–Crippen LogP) is 3.70. The number of hydrogen-bond acceptors (Lipinski definition) is 6. The zero-order valence-corrected chi connectivity index (χ0v) is 16.3. The standard InChI is InChI=1S/C18H20N4O2S2/c1-23-14-8-12-5-6-21(10-13(12)9-15(14)24-2)11-22-18(25)19-17(20-22)16-4-3-7-26-16/h3-4,7-9H,5-6,10-11H2,1-2H3,(H,19,20,25). The summed E-state index contributed by atoms with van der Waals surface area (Å²) in [6.45, 7) is 2.48. The number of thiophene rings is 1. The zero-order valence-electron chi connectivity index (χ0n) is 14.7. The molecule has 0 bridgehead atoms. The SMILES string of the molecule is COc1cc2c(cc1OC)CN(Cn1[nH]c(-c3cccs3)nc1=S)CC2. The van der Waals surface area contributed by atoms with E-state index >= 15 is 0 Å². The Balaban J connectivity index is 1.54. The molecule has 0 aliphatic carbocycles. The van der Waals surface area contributed by atoms with Crippen molar-refractivity contribution >= 4 is 23.6 Å². The average molecular weight is 389 g/mol. The molecule has 4 rings (SSSR count). The number of H-pyrrole nitrogens is 1. The minimum Gasteiger partial charge on any atom is -0.493 e. The second-order valence-electron chi connectivity index (χ2n) is 6.18. The summed E-state index contributed by atoms with van der Waals surface area (Å²) in [5, 5.41) is 5.36. The number of methoxy groups -OCH3 is 2. The van der Waals surface area contributed by atoms with Gasteiger partial charge in [-0.3, -0.25) is 10.00 Å². The van der Waals surface area contributed by atoms with Crippen molar-refractivity contribution in [2.75, 3.05) is 20.8 Å². The van der Waals surface area contributed by atoms with E-state index in [1.165, 1.54) is 11.1 Å². The molecule has 3 aromatic rings. The first-order valence-corrected chi connectivity index (χ1v) is 9.63. The van der Waals surface area contributed by atoms with E-state index in [1.807, 2.05) is 22.2 Å². The van der Waals surface area contributed by atoms with Crippen LogP contribution in [-0.2, 0) is 19.6 Å². The third-order valence-corrected chi connectivity index (χ3v) is 5.76. The predicted molar refractivity (Wildman–Crippen MR) is 104 cm³/mol. The van der Waals surface area contributed by atoms with E-state index in [-0.39, 0.29) is 0 Å². The zero-order chi connectivity index (χ0) is 18.1. The minimum atomic E-state index is 0.575. The number of nitrogens with one attached hydrogen (secondary N) is 1. The third-order valence-electron chi connectivity index (χ3n) is 4.57.